The fourth-order valence-electron chi connectivity index (χ4n) is 0.915. The third kappa shape index (κ3) is 2.29. The van der Waals surface area contributed by atoms with Crippen LogP contribution in [0, 0.1) is 0 Å². The summed E-state index contributed by atoms with van der Waals surface area (Å²) in [5.41, 5.74) is 0.925. The molecule has 0 aliphatic rings. The van der Waals surface area contributed by atoms with Crippen molar-refractivity contribution >= 4 is 11.7 Å². The number of hydrogen-bond donors (Lipinski definition) is 3. The van der Waals surface area contributed by atoms with Crippen molar-refractivity contribution in [3.8, 4) is 0 Å². The van der Waals surface area contributed by atoms with Crippen LogP contribution >= 0.6 is 0 Å². The molecule has 0 saturated carbocycles. The number of aryl methyl sites for hydroxylation is 1. The van der Waals surface area contributed by atoms with E-state index in [9.17, 15) is 4.79 Å². The lowest BCUT2D eigenvalue weighted by atomic mass is 10.2. The molecule has 0 unspecified atom stereocenters. The van der Waals surface area contributed by atoms with Crippen LogP contribution in [0.1, 0.15) is 19.4 Å². The van der Waals surface area contributed by atoms with E-state index in [2.05, 4.69) is 15.5 Å². The Bertz CT molecular complexity index is 293. The molecule has 1 aromatic rings. The average Bonchev–Trinajstić information content (AvgIpc) is 2.51. The number of nitrogens with one attached hydrogen (secondary N) is 2. The van der Waals surface area contributed by atoms with Crippen LogP contribution in [0.25, 0.3) is 0 Å². The van der Waals surface area contributed by atoms with Crippen molar-refractivity contribution in [2.75, 3.05) is 5.32 Å². The number of carbonyl (C=O) groups excluding carboxylic acids is 1. The molecule has 1 amide bonds. The zero-order valence-corrected chi connectivity index (χ0v) is 7.66. The SMILES string of the molecule is CCc1cn[nH]c1NC(=O)[C@@H](C)O. The lowest BCUT2D eigenvalue weighted by molar-refractivity contribution is -0.123. The van der Waals surface area contributed by atoms with Gasteiger partial charge < -0.3 is 10.4 Å². The Kier molecular flexibility index (Phi) is 3.02. The summed E-state index contributed by atoms with van der Waals surface area (Å²) in [5, 5.41) is 17.9. The maximum Gasteiger partial charge on any atom is 0.254 e. The first-order valence-electron chi connectivity index (χ1n) is 4.16. The summed E-state index contributed by atoms with van der Waals surface area (Å²) >= 11 is 0. The molecule has 1 rings (SSSR count). The average molecular weight is 183 g/mol. The van der Waals surface area contributed by atoms with Gasteiger partial charge in [-0.05, 0) is 13.3 Å². The van der Waals surface area contributed by atoms with Gasteiger partial charge in [-0.2, -0.15) is 5.10 Å². The highest BCUT2D eigenvalue weighted by Gasteiger charge is 2.11. The van der Waals surface area contributed by atoms with Gasteiger partial charge in [0.15, 0.2) is 0 Å². The molecule has 0 aromatic carbocycles. The normalized spacial score (nSPS) is 12.5. The third-order valence-electron chi connectivity index (χ3n) is 1.73. The fraction of sp³-hybridized carbons (Fsp3) is 0.500. The maximum atomic E-state index is 11.1. The predicted octanol–water partition coefficient (Wildman–Crippen LogP) is 0.291. The standard InChI is InChI=1S/C8H13N3O2/c1-3-6-4-9-11-7(6)10-8(13)5(2)12/h4-5,12H,3H2,1-2H3,(H2,9,10,11,13)/t5-/m1/s1. The summed E-state index contributed by atoms with van der Waals surface area (Å²) in [6, 6.07) is 0. The number of aliphatic hydroxyl groups is 1. The Hall–Kier alpha value is -1.36. The monoisotopic (exact) mass is 183 g/mol. The van der Waals surface area contributed by atoms with Gasteiger partial charge in [-0.25, -0.2) is 0 Å². The molecule has 72 valence electrons. The first-order chi connectivity index (χ1) is 6.15. The van der Waals surface area contributed by atoms with Crippen LogP contribution in [-0.2, 0) is 11.2 Å². The van der Waals surface area contributed by atoms with Gasteiger partial charge in [0, 0.05) is 5.56 Å². The van der Waals surface area contributed by atoms with Crippen molar-refractivity contribution in [3.63, 3.8) is 0 Å². The van der Waals surface area contributed by atoms with E-state index in [-0.39, 0.29) is 0 Å². The quantitative estimate of drug-likeness (QED) is 0.630. The van der Waals surface area contributed by atoms with E-state index in [0.29, 0.717) is 5.82 Å². The Morgan fingerprint density at radius 2 is 2.54 bits per heavy atom. The topological polar surface area (TPSA) is 78.0 Å². The number of aromatic nitrogens is 2. The number of amides is 1. The first kappa shape index (κ1) is 9.73. The number of carbonyl (C=O) groups is 1. The van der Waals surface area contributed by atoms with Crippen LogP contribution in [-0.4, -0.2) is 27.3 Å². The summed E-state index contributed by atoms with van der Waals surface area (Å²) < 4.78 is 0. The number of H-pyrrole nitrogens is 1. The molecular weight excluding hydrogens is 170 g/mol. The first-order valence-corrected chi connectivity index (χ1v) is 4.16. The van der Waals surface area contributed by atoms with Crippen molar-refractivity contribution in [3.05, 3.63) is 11.8 Å². The van der Waals surface area contributed by atoms with Crippen LogP contribution < -0.4 is 5.32 Å². The minimum atomic E-state index is -1.01. The molecule has 1 aromatic heterocycles. The Morgan fingerprint density at radius 1 is 1.85 bits per heavy atom. The third-order valence-corrected chi connectivity index (χ3v) is 1.73. The smallest absolute Gasteiger partial charge is 0.254 e. The molecule has 3 N–H and O–H groups in total. The van der Waals surface area contributed by atoms with E-state index in [4.69, 9.17) is 5.11 Å². The predicted molar refractivity (Wildman–Crippen MR) is 48.3 cm³/mol. The number of aliphatic hydroxyl groups excluding tert-OH is 1. The van der Waals surface area contributed by atoms with Gasteiger partial charge in [-0.1, -0.05) is 6.92 Å². The Balaban J connectivity index is 2.68. The van der Waals surface area contributed by atoms with Crippen LogP contribution in [0.3, 0.4) is 0 Å². The van der Waals surface area contributed by atoms with E-state index in [1.54, 1.807) is 6.20 Å². The highest BCUT2D eigenvalue weighted by Crippen LogP contribution is 2.11. The van der Waals surface area contributed by atoms with E-state index in [0.717, 1.165) is 12.0 Å². The summed E-state index contributed by atoms with van der Waals surface area (Å²) in [4.78, 5) is 11.1. The van der Waals surface area contributed by atoms with Crippen molar-refractivity contribution in [1.29, 1.82) is 0 Å². The van der Waals surface area contributed by atoms with Gasteiger partial charge >= 0.3 is 0 Å². The number of hydrogen-bond acceptors (Lipinski definition) is 3. The Morgan fingerprint density at radius 3 is 3.08 bits per heavy atom. The molecule has 1 atom stereocenters. The summed E-state index contributed by atoms with van der Waals surface area (Å²) in [5.74, 6) is 0.132. The highest BCUT2D eigenvalue weighted by molar-refractivity contribution is 5.93. The molecule has 0 radical (unpaired) electrons. The molecule has 0 aliphatic carbocycles. The van der Waals surface area contributed by atoms with Crippen molar-refractivity contribution < 1.29 is 9.90 Å². The highest BCUT2D eigenvalue weighted by atomic mass is 16.3. The van der Waals surface area contributed by atoms with E-state index in [1.165, 1.54) is 6.92 Å². The lowest BCUT2D eigenvalue weighted by Crippen LogP contribution is -2.25. The summed E-state index contributed by atoms with van der Waals surface area (Å²) in [7, 11) is 0. The van der Waals surface area contributed by atoms with Crippen LogP contribution in [0.15, 0.2) is 6.20 Å². The molecule has 1 heterocycles. The summed E-state index contributed by atoms with van der Waals surface area (Å²) in [6.07, 6.45) is 1.43. The molecular formula is C8H13N3O2. The maximum absolute atomic E-state index is 11.1. The van der Waals surface area contributed by atoms with Crippen molar-refractivity contribution in [2.45, 2.75) is 26.4 Å². The molecule has 0 bridgehead atoms. The van der Waals surface area contributed by atoms with Gasteiger partial charge in [0.05, 0.1) is 6.20 Å². The van der Waals surface area contributed by atoms with Crippen LogP contribution in [0.4, 0.5) is 5.82 Å². The van der Waals surface area contributed by atoms with Gasteiger partial charge in [0.25, 0.3) is 5.91 Å². The van der Waals surface area contributed by atoms with E-state index >= 15 is 0 Å². The number of aromatic amines is 1. The van der Waals surface area contributed by atoms with Crippen molar-refractivity contribution in [2.24, 2.45) is 0 Å². The summed E-state index contributed by atoms with van der Waals surface area (Å²) in [6.45, 7) is 3.38. The number of nitrogens with zero attached hydrogens (tertiary/aromatic N) is 1. The second-order valence-electron chi connectivity index (χ2n) is 2.79. The van der Waals surface area contributed by atoms with E-state index in [1.807, 2.05) is 6.92 Å². The van der Waals surface area contributed by atoms with Gasteiger partial charge in [-0.3, -0.25) is 9.89 Å². The van der Waals surface area contributed by atoms with Crippen LogP contribution in [0.2, 0.25) is 0 Å². The van der Waals surface area contributed by atoms with Gasteiger partial charge in [0.2, 0.25) is 0 Å². The minimum absolute atomic E-state index is 0.432. The molecule has 13 heavy (non-hydrogen) atoms. The molecule has 5 nitrogen and oxygen atoms in total. The molecule has 0 fully saturated rings. The zero-order valence-electron chi connectivity index (χ0n) is 7.66. The van der Waals surface area contributed by atoms with Gasteiger partial charge in [0.1, 0.15) is 11.9 Å². The van der Waals surface area contributed by atoms with E-state index < -0.39 is 12.0 Å². The van der Waals surface area contributed by atoms with Crippen LogP contribution in [0.5, 0.6) is 0 Å². The van der Waals surface area contributed by atoms with Crippen molar-refractivity contribution in [1.82, 2.24) is 10.2 Å². The van der Waals surface area contributed by atoms with Gasteiger partial charge in [-0.15, -0.1) is 0 Å². The fourth-order valence-corrected chi connectivity index (χ4v) is 0.915. The molecule has 5 heteroatoms. The molecule has 0 saturated heterocycles. The number of rotatable bonds is 3. The lowest BCUT2D eigenvalue weighted by Gasteiger charge is -2.05. The zero-order chi connectivity index (χ0) is 9.84. The minimum Gasteiger partial charge on any atom is -0.384 e. The largest absolute Gasteiger partial charge is 0.384 e. The number of anilines is 1. The molecule has 0 spiro atoms. The molecule has 0 aliphatic heterocycles. The second-order valence-corrected chi connectivity index (χ2v) is 2.79. The Labute approximate surface area is 76.2 Å². The second kappa shape index (κ2) is 4.04.